The van der Waals surface area contributed by atoms with E-state index in [4.69, 9.17) is 10.5 Å². The summed E-state index contributed by atoms with van der Waals surface area (Å²) in [5.41, 5.74) is 7.31. The van der Waals surface area contributed by atoms with Crippen LogP contribution in [0.2, 0.25) is 0 Å². The van der Waals surface area contributed by atoms with Gasteiger partial charge in [-0.2, -0.15) is 0 Å². The van der Waals surface area contributed by atoms with E-state index in [0.717, 1.165) is 0 Å². The molecule has 0 spiro atoms. The van der Waals surface area contributed by atoms with Crippen LogP contribution in [0.4, 0.5) is 10.1 Å². The van der Waals surface area contributed by atoms with Crippen LogP contribution >= 0.6 is 0 Å². The predicted octanol–water partition coefficient (Wildman–Crippen LogP) is 3.90. The van der Waals surface area contributed by atoms with Gasteiger partial charge in [-0.15, -0.1) is 0 Å². The fraction of sp³-hybridized carbons (Fsp3) is 0.235. The van der Waals surface area contributed by atoms with Gasteiger partial charge < -0.3 is 15.2 Å². The molecule has 0 aromatic heterocycles. The van der Waals surface area contributed by atoms with Gasteiger partial charge in [0.25, 0.3) is 0 Å². The summed E-state index contributed by atoms with van der Waals surface area (Å²) in [5, 5.41) is 0. The second kappa shape index (κ2) is 8.02. The van der Waals surface area contributed by atoms with E-state index < -0.39 is 11.8 Å². The lowest BCUT2D eigenvalue weighted by Gasteiger charge is -2.10. The van der Waals surface area contributed by atoms with Gasteiger partial charge in [-0.3, -0.25) is 0 Å². The molecule has 4 nitrogen and oxygen atoms in total. The Morgan fingerprint density at radius 1 is 1.05 bits per heavy atom. The van der Waals surface area contributed by atoms with Gasteiger partial charge >= 0.3 is 5.97 Å². The van der Waals surface area contributed by atoms with E-state index in [0.29, 0.717) is 28.1 Å². The number of nitrogens with two attached hydrogens (primary N) is 1. The minimum absolute atomic E-state index is 0.292. The highest BCUT2D eigenvalue weighted by molar-refractivity contribution is 5.92. The molecule has 5 heteroatoms. The molecule has 0 aliphatic heterocycles. The largest absolute Gasteiger partial charge is 0.497 e. The Balaban J connectivity index is 0.00000116. The van der Waals surface area contributed by atoms with Crippen molar-refractivity contribution in [3.05, 3.63) is 47.8 Å². The van der Waals surface area contributed by atoms with Crippen LogP contribution in [0.1, 0.15) is 24.2 Å². The zero-order valence-electron chi connectivity index (χ0n) is 13.1. The molecule has 0 saturated heterocycles. The van der Waals surface area contributed by atoms with Crippen LogP contribution in [-0.2, 0) is 4.74 Å². The van der Waals surface area contributed by atoms with Crippen molar-refractivity contribution in [2.24, 2.45) is 0 Å². The third kappa shape index (κ3) is 3.75. The Bertz CT molecular complexity index is 656. The molecule has 0 fully saturated rings. The first-order chi connectivity index (χ1) is 10.6. The number of methoxy groups -OCH3 is 2. The minimum Gasteiger partial charge on any atom is -0.497 e. The number of carbonyl (C=O) groups excluding carboxylic acids is 1. The number of esters is 1. The van der Waals surface area contributed by atoms with Crippen molar-refractivity contribution >= 4 is 11.7 Å². The predicted molar refractivity (Wildman–Crippen MR) is 85.5 cm³/mol. The number of carbonyl (C=O) groups is 1. The summed E-state index contributed by atoms with van der Waals surface area (Å²) < 4.78 is 23.6. The molecule has 118 valence electrons. The third-order valence-corrected chi connectivity index (χ3v) is 2.94. The molecule has 22 heavy (non-hydrogen) atoms. The summed E-state index contributed by atoms with van der Waals surface area (Å²) in [6.07, 6.45) is 0. The molecule has 0 atom stereocenters. The van der Waals surface area contributed by atoms with E-state index in [1.165, 1.54) is 38.5 Å². The van der Waals surface area contributed by atoms with Gasteiger partial charge in [0.15, 0.2) is 0 Å². The third-order valence-electron chi connectivity index (χ3n) is 2.94. The Labute approximate surface area is 129 Å². The lowest BCUT2D eigenvalue weighted by molar-refractivity contribution is 0.0601. The van der Waals surface area contributed by atoms with E-state index >= 15 is 0 Å². The summed E-state index contributed by atoms with van der Waals surface area (Å²) in [6, 6.07) is 8.97. The van der Waals surface area contributed by atoms with Crippen molar-refractivity contribution in [3.63, 3.8) is 0 Å². The van der Waals surface area contributed by atoms with Crippen LogP contribution in [0.15, 0.2) is 36.4 Å². The Morgan fingerprint density at radius 2 is 1.73 bits per heavy atom. The van der Waals surface area contributed by atoms with Gasteiger partial charge in [0, 0.05) is 16.8 Å². The van der Waals surface area contributed by atoms with E-state index in [9.17, 15) is 9.18 Å². The number of hydrogen-bond acceptors (Lipinski definition) is 4. The van der Waals surface area contributed by atoms with Crippen molar-refractivity contribution in [3.8, 4) is 16.9 Å². The molecule has 0 unspecified atom stereocenters. The fourth-order valence-corrected chi connectivity index (χ4v) is 1.89. The van der Waals surface area contributed by atoms with Crippen LogP contribution in [-0.4, -0.2) is 20.2 Å². The van der Waals surface area contributed by atoms with E-state index in [1.807, 2.05) is 13.8 Å². The van der Waals surface area contributed by atoms with E-state index in [-0.39, 0.29) is 0 Å². The first-order valence-electron chi connectivity index (χ1n) is 6.88. The van der Waals surface area contributed by atoms with Gasteiger partial charge in [-0.05, 0) is 30.3 Å². The number of ether oxygens (including phenoxy) is 2. The van der Waals surface area contributed by atoms with Gasteiger partial charge in [-0.25, -0.2) is 9.18 Å². The van der Waals surface area contributed by atoms with Gasteiger partial charge in [-0.1, -0.05) is 19.9 Å². The maximum absolute atomic E-state index is 13.9. The summed E-state index contributed by atoms with van der Waals surface area (Å²) in [6.45, 7) is 4.00. The molecule has 0 aliphatic rings. The highest BCUT2D eigenvalue weighted by Crippen LogP contribution is 2.31. The van der Waals surface area contributed by atoms with Crippen LogP contribution in [0, 0.1) is 5.82 Å². The van der Waals surface area contributed by atoms with E-state index in [2.05, 4.69) is 4.74 Å². The Kier molecular flexibility index (Phi) is 6.38. The average Bonchev–Trinajstić information content (AvgIpc) is 2.56. The maximum atomic E-state index is 13.9. The molecule has 0 aliphatic carbocycles. The van der Waals surface area contributed by atoms with Crippen molar-refractivity contribution in [1.29, 1.82) is 0 Å². The van der Waals surface area contributed by atoms with Gasteiger partial charge in [0.05, 0.1) is 19.8 Å². The Hall–Kier alpha value is -2.56. The number of benzene rings is 2. The second-order valence-corrected chi connectivity index (χ2v) is 4.14. The topological polar surface area (TPSA) is 61.5 Å². The van der Waals surface area contributed by atoms with Gasteiger partial charge in [0.2, 0.25) is 0 Å². The van der Waals surface area contributed by atoms with Crippen LogP contribution in [0.5, 0.6) is 5.75 Å². The number of halogens is 1. The van der Waals surface area contributed by atoms with Crippen molar-refractivity contribution in [2.45, 2.75) is 13.8 Å². The molecule has 0 heterocycles. The summed E-state index contributed by atoms with van der Waals surface area (Å²) in [4.78, 5) is 11.4. The minimum atomic E-state index is -0.491. The number of nitrogen functional groups attached to an aromatic ring is 1. The fourth-order valence-electron chi connectivity index (χ4n) is 1.89. The van der Waals surface area contributed by atoms with Crippen molar-refractivity contribution in [1.82, 2.24) is 0 Å². The zero-order valence-corrected chi connectivity index (χ0v) is 13.1. The highest BCUT2D eigenvalue weighted by Gasteiger charge is 2.13. The van der Waals surface area contributed by atoms with Crippen LogP contribution in [0.25, 0.3) is 11.1 Å². The normalized spacial score (nSPS) is 9.50. The summed E-state index contributed by atoms with van der Waals surface area (Å²) in [7, 11) is 2.79. The lowest BCUT2D eigenvalue weighted by atomic mass is 10.0. The Morgan fingerprint density at radius 3 is 2.27 bits per heavy atom. The second-order valence-electron chi connectivity index (χ2n) is 4.14. The molecular formula is C17H20FNO3. The molecule has 0 radical (unpaired) electrons. The van der Waals surface area contributed by atoms with Crippen molar-refractivity contribution in [2.75, 3.05) is 20.0 Å². The molecule has 0 saturated carbocycles. The monoisotopic (exact) mass is 305 g/mol. The molecule has 0 amide bonds. The van der Waals surface area contributed by atoms with Crippen LogP contribution in [0.3, 0.4) is 0 Å². The molecule has 2 rings (SSSR count). The molecule has 0 bridgehead atoms. The number of anilines is 1. The number of hydrogen-bond donors (Lipinski definition) is 1. The standard InChI is InChI=1S/C15H14FNO3.C2H6/c1-19-10-4-6-13(16)12(8-10)11-5-3-9(7-14(11)17)15(18)20-2;1-2/h3-8H,17H2,1-2H3;1-2H3. The quantitative estimate of drug-likeness (QED) is 0.690. The first-order valence-corrected chi connectivity index (χ1v) is 6.88. The SMILES string of the molecule is CC.COC(=O)c1ccc(-c2cc(OC)ccc2F)c(N)c1. The lowest BCUT2D eigenvalue weighted by Crippen LogP contribution is -2.03. The molecule has 2 aromatic carbocycles. The first kappa shape index (κ1) is 17.5. The van der Waals surface area contributed by atoms with Crippen molar-refractivity contribution < 1.29 is 18.7 Å². The van der Waals surface area contributed by atoms with Crippen LogP contribution < -0.4 is 10.5 Å². The zero-order chi connectivity index (χ0) is 16.7. The molecular weight excluding hydrogens is 285 g/mol. The molecule has 2 aromatic rings. The smallest absolute Gasteiger partial charge is 0.337 e. The average molecular weight is 305 g/mol. The van der Waals surface area contributed by atoms with Gasteiger partial charge in [0.1, 0.15) is 11.6 Å². The maximum Gasteiger partial charge on any atom is 0.337 e. The van der Waals surface area contributed by atoms with E-state index in [1.54, 1.807) is 12.1 Å². The molecule has 2 N–H and O–H groups in total. The summed E-state index contributed by atoms with van der Waals surface area (Å²) >= 11 is 0. The summed E-state index contributed by atoms with van der Waals surface area (Å²) in [5.74, 6) is -0.379. The number of rotatable bonds is 3. The highest BCUT2D eigenvalue weighted by atomic mass is 19.1.